The van der Waals surface area contributed by atoms with E-state index in [0.29, 0.717) is 21.7 Å². The van der Waals surface area contributed by atoms with Crippen LogP contribution in [-0.2, 0) is 9.53 Å². The van der Waals surface area contributed by atoms with Gasteiger partial charge in [0.15, 0.2) is 12.3 Å². The number of carbonyl (C=O) groups excluding carboxylic acids is 2. The lowest BCUT2D eigenvalue weighted by Gasteiger charge is -2.05. The monoisotopic (exact) mass is 330 g/mol. The molecule has 0 fully saturated rings. The molecule has 23 heavy (non-hydrogen) atoms. The highest BCUT2D eigenvalue weighted by Gasteiger charge is 2.16. The Morgan fingerprint density at radius 3 is 2.83 bits per heavy atom. The number of halogens is 1. The second-order valence-corrected chi connectivity index (χ2v) is 5.04. The summed E-state index contributed by atoms with van der Waals surface area (Å²) < 4.78 is 4.96. The van der Waals surface area contributed by atoms with Gasteiger partial charge in [-0.2, -0.15) is 5.10 Å². The number of para-hydroxylation sites is 1. The zero-order valence-electron chi connectivity index (χ0n) is 11.7. The maximum absolute atomic E-state index is 12.0. The van der Waals surface area contributed by atoms with E-state index < -0.39 is 18.5 Å². The van der Waals surface area contributed by atoms with E-state index in [9.17, 15) is 9.59 Å². The van der Waals surface area contributed by atoms with Crippen LogP contribution in [0.5, 0.6) is 0 Å². The van der Waals surface area contributed by atoms with Gasteiger partial charge in [-0.3, -0.25) is 9.89 Å². The average Bonchev–Trinajstić information content (AvgIpc) is 2.99. The molecule has 0 saturated heterocycles. The second-order valence-electron chi connectivity index (χ2n) is 4.60. The summed E-state index contributed by atoms with van der Waals surface area (Å²) in [5.41, 5.74) is 0.854. The maximum Gasteiger partial charge on any atom is 0.359 e. The molecule has 0 bridgehead atoms. The van der Waals surface area contributed by atoms with Gasteiger partial charge < -0.3 is 10.1 Å². The largest absolute Gasteiger partial charge is 0.451 e. The van der Waals surface area contributed by atoms with Crippen molar-refractivity contribution in [2.45, 2.75) is 0 Å². The molecule has 2 heterocycles. The number of H-pyrrole nitrogens is 1. The third-order valence-electron chi connectivity index (χ3n) is 2.99. The van der Waals surface area contributed by atoms with Crippen molar-refractivity contribution in [1.82, 2.24) is 15.2 Å². The number of esters is 1. The molecule has 1 amide bonds. The summed E-state index contributed by atoms with van der Waals surface area (Å²) in [6, 6.07) is 10.3. The van der Waals surface area contributed by atoms with Gasteiger partial charge in [-0.05, 0) is 18.2 Å². The molecule has 8 heteroatoms. The molecule has 0 saturated carbocycles. The van der Waals surface area contributed by atoms with Crippen LogP contribution in [0.4, 0.5) is 5.82 Å². The van der Waals surface area contributed by atoms with Gasteiger partial charge in [-0.15, -0.1) is 0 Å². The minimum Gasteiger partial charge on any atom is -0.451 e. The lowest BCUT2D eigenvalue weighted by molar-refractivity contribution is -0.119. The van der Waals surface area contributed by atoms with Crippen LogP contribution in [0.15, 0.2) is 42.6 Å². The fourth-order valence-electron chi connectivity index (χ4n) is 1.95. The van der Waals surface area contributed by atoms with Crippen molar-refractivity contribution in [3.05, 3.63) is 53.3 Å². The Labute approximate surface area is 135 Å². The molecule has 116 valence electrons. The van der Waals surface area contributed by atoms with Crippen molar-refractivity contribution in [2.24, 2.45) is 0 Å². The van der Waals surface area contributed by atoms with Gasteiger partial charge in [0.2, 0.25) is 0 Å². The van der Waals surface area contributed by atoms with Gasteiger partial charge >= 0.3 is 5.97 Å². The first-order valence-electron chi connectivity index (χ1n) is 6.65. The van der Waals surface area contributed by atoms with Gasteiger partial charge in [0.25, 0.3) is 5.91 Å². The van der Waals surface area contributed by atoms with Crippen molar-refractivity contribution < 1.29 is 14.3 Å². The Balaban J connectivity index is 1.60. The fourth-order valence-corrected chi connectivity index (χ4v) is 2.06. The molecule has 0 atom stereocenters. The molecule has 2 N–H and O–H groups in total. The molecule has 3 aromatic rings. The van der Waals surface area contributed by atoms with Crippen molar-refractivity contribution in [3.8, 4) is 0 Å². The molecule has 0 aliphatic heterocycles. The zero-order chi connectivity index (χ0) is 16.2. The predicted octanol–water partition coefficient (Wildman–Crippen LogP) is 2.41. The summed E-state index contributed by atoms with van der Waals surface area (Å²) in [7, 11) is 0. The van der Waals surface area contributed by atoms with Crippen LogP contribution in [0, 0.1) is 0 Å². The number of nitrogens with one attached hydrogen (secondary N) is 2. The van der Waals surface area contributed by atoms with Gasteiger partial charge in [-0.25, -0.2) is 9.78 Å². The maximum atomic E-state index is 12.0. The van der Waals surface area contributed by atoms with Crippen LogP contribution in [-0.4, -0.2) is 33.7 Å². The molecule has 0 unspecified atom stereocenters. The highest BCUT2D eigenvalue weighted by Crippen LogP contribution is 2.16. The number of hydrogen-bond acceptors (Lipinski definition) is 5. The van der Waals surface area contributed by atoms with Crippen LogP contribution >= 0.6 is 11.6 Å². The lowest BCUT2D eigenvalue weighted by Crippen LogP contribution is -2.21. The Morgan fingerprint density at radius 1 is 1.22 bits per heavy atom. The van der Waals surface area contributed by atoms with Gasteiger partial charge in [0.05, 0.1) is 10.5 Å². The van der Waals surface area contributed by atoms with Crippen LogP contribution in [0.1, 0.15) is 10.5 Å². The number of fused-ring (bicyclic) bond motifs is 1. The third-order valence-corrected chi connectivity index (χ3v) is 3.22. The van der Waals surface area contributed by atoms with E-state index in [1.165, 1.54) is 6.20 Å². The summed E-state index contributed by atoms with van der Waals surface area (Å²) in [6.45, 7) is -0.440. The van der Waals surface area contributed by atoms with Gasteiger partial charge in [0, 0.05) is 11.6 Å². The molecule has 0 radical (unpaired) electrons. The SMILES string of the molecule is O=C(COC(=O)c1n[nH]c2ccccc12)Nc1ccc(Cl)cn1. The van der Waals surface area contributed by atoms with Gasteiger partial charge in [-0.1, -0.05) is 29.8 Å². The van der Waals surface area contributed by atoms with E-state index in [0.717, 1.165) is 0 Å². The van der Waals surface area contributed by atoms with Crippen molar-refractivity contribution >= 4 is 40.2 Å². The number of rotatable bonds is 4. The van der Waals surface area contributed by atoms with Crippen LogP contribution in [0.3, 0.4) is 0 Å². The molecule has 7 nitrogen and oxygen atoms in total. The summed E-state index contributed by atoms with van der Waals surface area (Å²) >= 11 is 5.70. The summed E-state index contributed by atoms with van der Waals surface area (Å²) in [6.07, 6.45) is 1.40. The fraction of sp³-hybridized carbons (Fsp3) is 0.0667. The summed E-state index contributed by atoms with van der Waals surface area (Å²) in [5, 5.41) is 10.2. The molecule has 2 aromatic heterocycles. The number of amides is 1. The normalized spacial score (nSPS) is 10.5. The Kier molecular flexibility index (Phi) is 4.20. The van der Waals surface area contributed by atoms with E-state index in [1.807, 2.05) is 6.07 Å². The number of pyridine rings is 1. The van der Waals surface area contributed by atoms with E-state index in [1.54, 1.807) is 30.3 Å². The quantitative estimate of drug-likeness (QED) is 0.716. The average molecular weight is 331 g/mol. The number of carbonyl (C=O) groups is 2. The highest BCUT2D eigenvalue weighted by atomic mass is 35.5. The van der Waals surface area contributed by atoms with Crippen LogP contribution < -0.4 is 5.32 Å². The van der Waals surface area contributed by atoms with E-state index in [4.69, 9.17) is 16.3 Å². The second kappa shape index (κ2) is 6.45. The number of hydrogen-bond donors (Lipinski definition) is 2. The number of aromatic nitrogens is 3. The number of benzene rings is 1. The Hall–Kier alpha value is -2.93. The Bertz CT molecular complexity index is 861. The highest BCUT2D eigenvalue weighted by molar-refractivity contribution is 6.30. The smallest absolute Gasteiger partial charge is 0.359 e. The summed E-state index contributed by atoms with van der Waals surface area (Å²) in [5.74, 6) is -0.865. The third kappa shape index (κ3) is 3.46. The molecular formula is C15H11ClN4O3. The van der Waals surface area contributed by atoms with E-state index >= 15 is 0 Å². The topological polar surface area (TPSA) is 97.0 Å². The van der Waals surface area contributed by atoms with Crippen LogP contribution in [0.25, 0.3) is 10.9 Å². The molecule has 0 aliphatic carbocycles. The first-order chi connectivity index (χ1) is 11.1. The number of nitrogens with zero attached hydrogens (tertiary/aromatic N) is 2. The molecule has 0 aliphatic rings. The van der Waals surface area contributed by atoms with Crippen molar-refractivity contribution in [1.29, 1.82) is 0 Å². The molecule has 0 spiro atoms. The van der Waals surface area contributed by atoms with E-state index in [2.05, 4.69) is 20.5 Å². The zero-order valence-corrected chi connectivity index (χ0v) is 12.5. The van der Waals surface area contributed by atoms with Crippen molar-refractivity contribution in [2.75, 3.05) is 11.9 Å². The Morgan fingerprint density at radius 2 is 2.04 bits per heavy atom. The molecule has 3 rings (SSSR count). The first kappa shape index (κ1) is 15.0. The minimum absolute atomic E-state index is 0.137. The number of ether oxygens (including phenoxy) is 1. The van der Waals surface area contributed by atoms with E-state index in [-0.39, 0.29) is 5.69 Å². The molecule has 1 aromatic carbocycles. The predicted molar refractivity (Wildman–Crippen MR) is 84.3 cm³/mol. The standard InChI is InChI=1S/C15H11ClN4O3/c16-9-5-6-12(17-7-9)18-13(21)8-23-15(22)14-10-3-1-2-4-11(10)19-20-14/h1-7H,8H2,(H,19,20)(H,17,18,21). The number of aromatic amines is 1. The summed E-state index contributed by atoms with van der Waals surface area (Å²) in [4.78, 5) is 27.7. The minimum atomic E-state index is -0.679. The van der Waals surface area contributed by atoms with Crippen molar-refractivity contribution in [3.63, 3.8) is 0 Å². The van der Waals surface area contributed by atoms with Crippen LogP contribution in [0.2, 0.25) is 5.02 Å². The lowest BCUT2D eigenvalue weighted by atomic mass is 10.2. The first-order valence-corrected chi connectivity index (χ1v) is 7.03. The number of anilines is 1. The molecular weight excluding hydrogens is 320 g/mol. The van der Waals surface area contributed by atoms with Gasteiger partial charge in [0.1, 0.15) is 5.82 Å².